The summed E-state index contributed by atoms with van der Waals surface area (Å²) in [7, 11) is -4.75. The van der Waals surface area contributed by atoms with Crippen LogP contribution in [0.2, 0.25) is 0 Å². The lowest BCUT2D eigenvalue weighted by molar-refractivity contribution is -0.161. The Bertz CT molecular complexity index is 1370. The van der Waals surface area contributed by atoms with E-state index in [0.717, 1.165) is 83.5 Å². The van der Waals surface area contributed by atoms with E-state index in [1.807, 2.05) is 0 Å². The van der Waals surface area contributed by atoms with Crippen molar-refractivity contribution in [2.24, 2.45) is 0 Å². The highest BCUT2D eigenvalue weighted by atomic mass is 31.2. The van der Waals surface area contributed by atoms with Crippen molar-refractivity contribution in [1.29, 1.82) is 0 Å². The Morgan fingerprint density at radius 1 is 0.355 bits per heavy atom. The second-order valence-corrected chi connectivity index (χ2v) is 23.4. The predicted molar refractivity (Wildman–Crippen MR) is 316 cm³/mol. The fourth-order valence-corrected chi connectivity index (χ4v) is 10.2. The van der Waals surface area contributed by atoms with Crippen LogP contribution in [0.15, 0.2) is 24.3 Å². The van der Waals surface area contributed by atoms with Crippen LogP contribution >= 0.6 is 7.82 Å². The summed E-state index contributed by atoms with van der Waals surface area (Å²) in [6.45, 7) is 4.70. The van der Waals surface area contributed by atoms with E-state index >= 15 is 0 Å². The number of carbonyl (C=O) groups is 3. The van der Waals surface area contributed by atoms with Gasteiger partial charge in [-0.05, 0) is 70.6 Å². The number of phosphoric ester groups is 1. The van der Waals surface area contributed by atoms with E-state index in [0.29, 0.717) is 19.3 Å². The first-order valence-electron chi connectivity index (χ1n) is 32.2. The molecule has 76 heavy (non-hydrogen) atoms. The number of unbranched alkanes of at least 4 members (excludes halogenated alkanes) is 40. The Labute approximate surface area is 468 Å². The molecule has 0 rings (SSSR count). The number of esters is 3. The quantitative estimate of drug-likeness (QED) is 0.0197. The average Bonchev–Trinajstić information content (AvgIpc) is 3.41. The van der Waals surface area contributed by atoms with E-state index in [1.165, 1.54) is 186 Å². The Morgan fingerprint density at radius 2 is 0.605 bits per heavy atom. The summed E-state index contributed by atoms with van der Waals surface area (Å²) in [6, 6.07) is 0. The summed E-state index contributed by atoms with van der Waals surface area (Å²) < 4.78 is 39.7. The van der Waals surface area contributed by atoms with Crippen molar-refractivity contribution in [3.63, 3.8) is 0 Å². The molecule has 0 aromatic heterocycles. The third-order valence-corrected chi connectivity index (χ3v) is 15.3. The summed E-state index contributed by atoms with van der Waals surface area (Å²) in [5, 5.41) is 9.84. The summed E-state index contributed by atoms with van der Waals surface area (Å²) >= 11 is 0. The lowest BCUT2D eigenvalue weighted by Crippen LogP contribution is -2.30. The first kappa shape index (κ1) is 74.0. The van der Waals surface area contributed by atoms with Crippen LogP contribution in [-0.4, -0.2) is 66.5 Å². The van der Waals surface area contributed by atoms with E-state index in [9.17, 15) is 28.9 Å². The molecule has 0 saturated heterocycles. The zero-order valence-corrected chi connectivity index (χ0v) is 50.6. The van der Waals surface area contributed by atoms with Crippen molar-refractivity contribution in [2.45, 2.75) is 341 Å². The molecule has 3 unspecified atom stereocenters. The molecule has 0 aromatic carbocycles. The number of phosphoric acid groups is 1. The van der Waals surface area contributed by atoms with Gasteiger partial charge in [-0.25, -0.2) is 4.57 Å². The van der Waals surface area contributed by atoms with Crippen molar-refractivity contribution >= 4 is 25.7 Å². The molecule has 2 N–H and O–H groups in total. The standard InChI is InChI=1S/C64H121O11P/c1-4-7-10-13-16-19-22-25-28-30-33-35-38-41-44-47-50-53-62(66)71-57-61(75-64(68)55-52-49-46-43-40-37-34-31-29-26-23-20-17-14-11-8-5-2)59-73-76(69,70)72-58-60(56-65)74-63(67)54-51-48-45-42-39-36-32-27-24-21-18-15-12-9-6-3/h25,27-28,32,60-61,65H,4-24,26,29-31,33-59H2,1-3H3,(H,69,70)/b28-25-,32-27-. The van der Waals surface area contributed by atoms with Crippen molar-refractivity contribution in [3.05, 3.63) is 24.3 Å². The molecule has 0 fully saturated rings. The number of aliphatic hydroxyl groups is 1. The van der Waals surface area contributed by atoms with E-state index in [-0.39, 0.29) is 25.9 Å². The smallest absolute Gasteiger partial charge is 0.462 e. The fraction of sp³-hybridized carbons (Fsp3) is 0.891. The van der Waals surface area contributed by atoms with Gasteiger partial charge < -0.3 is 24.2 Å². The van der Waals surface area contributed by atoms with Crippen molar-refractivity contribution in [2.75, 3.05) is 26.4 Å². The van der Waals surface area contributed by atoms with Crippen LogP contribution in [0, 0.1) is 0 Å². The van der Waals surface area contributed by atoms with Gasteiger partial charge in [0.05, 0.1) is 19.8 Å². The third kappa shape index (κ3) is 56.7. The van der Waals surface area contributed by atoms with Gasteiger partial charge in [0.1, 0.15) is 12.7 Å². The molecule has 0 radical (unpaired) electrons. The molecule has 0 aliphatic heterocycles. The largest absolute Gasteiger partial charge is 0.472 e. The molecule has 0 saturated carbocycles. The summed E-state index contributed by atoms with van der Waals surface area (Å²) in [5.41, 5.74) is 0. The van der Waals surface area contributed by atoms with Crippen LogP contribution in [0.25, 0.3) is 0 Å². The molecule has 0 amide bonds. The molecule has 0 aromatic rings. The number of ether oxygens (including phenoxy) is 3. The molecule has 0 spiro atoms. The maximum atomic E-state index is 12.9. The lowest BCUT2D eigenvalue weighted by Gasteiger charge is -2.21. The number of hydrogen-bond donors (Lipinski definition) is 2. The highest BCUT2D eigenvalue weighted by Gasteiger charge is 2.28. The molecule has 12 heteroatoms. The van der Waals surface area contributed by atoms with Gasteiger partial charge in [0.25, 0.3) is 0 Å². The van der Waals surface area contributed by atoms with E-state index in [4.69, 9.17) is 23.3 Å². The maximum Gasteiger partial charge on any atom is 0.472 e. The van der Waals surface area contributed by atoms with Gasteiger partial charge in [0.2, 0.25) is 0 Å². The maximum absolute atomic E-state index is 12.9. The zero-order chi connectivity index (χ0) is 55.5. The van der Waals surface area contributed by atoms with Gasteiger partial charge in [-0.2, -0.15) is 0 Å². The number of carbonyl (C=O) groups excluding carboxylic acids is 3. The van der Waals surface area contributed by atoms with E-state index < -0.39 is 57.8 Å². The first-order valence-corrected chi connectivity index (χ1v) is 33.7. The predicted octanol–water partition coefficient (Wildman–Crippen LogP) is 19.4. The van der Waals surface area contributed by atoms with Crippen LogP contribution in [-0.2, 0) is 42.2 Å². The first-order chi connectivity index (χ1) is 37.2. The van der Waals surface area contributed by atoms with Gasteiger partial charge in [-0.15, -0.1) is 0 Å². The van der Waals surface area contributed by atoms with Crippen molar-refractivity contribution < 1.29 is 52.2 Å². The molecule has 0 heterocycles. The van der Waals surface area contributed by atoms with Crippen LogP contribution in [0.3, 0.4) is 0 Å². The lowest BCUT2D eigenvalue weighted by atomic mass is 10.0. The third-order valence-electron chi connectivity index (χ3n) is 14.3. The monoisotopic (exact) mass is 1100 g/mol. The Balaban J connectivity index is 4.67. The molecule has 11 nitrogen and oxygen atoms in total. The number of aliphatic hydroxyl groups excluding tert-OH is 1. The molecule has 3 atom stereocenters. The molecular formula is C64H121O11P. The minimum atomic E-state index is -4.75. The van der Waals surface area contributed by atoms with Crippen LogP contribution < -0.4 is 0 Å². The number of hydrogen-bond acceptors (Lipinski definition) is 10. The van der Waals surface area contributed by atoms with Crippen LogP contribution in [0.1, 0.15) is 329 Å². The van der Waals surface area contributed by atoms with E-state index in [1.54, 1.807) is 0 Å². The second-order valence-electron chi connectivity index (χ2n) is 21.9. The highest BCUT2D eigenvalue weighted by Crippen LogP contribution is 2.43. The number of rotatable bonds is 61. The Hall–Kier alpha value is -2.04. The second kappa shape index (κ2) is 59.1. The molecule has 448 valence electrons. The SMILES string of the molecule is CCCCCCCC/C=C\CCCCCCCCCC(=O)OCC(COP(=O)(O)OCC(CO)OC(=O)CCCCCCC/C=C\CCCCCCCC)OC(=O)CCCCCCCCCCCCCCCCCCC. The van der Waals surface area contributed by atoms with Crippen LogP contribution in [0.4, 0.5) is 0 Å². The molecule has 0 bridgehead atoms. The van der Waals surface area contributed by atoms with Gasteiger partial charge in [0.15, 0.2) is 6.10 Å². The van der Waals surface area contributed by atoms with Gasteiger partial charge in [-0.1, -0.05) is 263 Å². The summed E-state index contributed by atoms with van der Waals surface area (Å²) in [4.78, 5) is 48.7. The van der Waals surface area contributed by atoms with Gasteiger partial charge >= 0.3 is 25.7 Å². The zero-order valence-electron chi connectivity index (χ0n) is 49.7. The highest BCUT2D eigenvalue weighted by molar-refractivity contribution is 7.47. The molecular weight excluding hydrogens is 976 g/mol. The topological polar surface area (TPSA) is 155 Å². The van der Waals surface area contributed by atoms with Crippen LogP contribution in [0.5, 0.6) is 0 Å². The molecule has 0 aliphatic rings. The molecule has 0 aliphatic carbocycles. The Kier molecular flexibility index (Phi) is 57.5. The summed E-state index contributed by atoms with van der Waals surface area (Å²) in [6.07, 6.45) is 61.2. The fourth-order valence-electron chi connectivity index (χ4n) is 9.41. The average molecular weight is 1100 g/mol. The Morgan fingerprint density at radius 3 is 0.908 bits per heavy atom. The summed E-state index contributed by atoms with van der Waals surface area (Å²) in [5.74, 6) is -1.45. The van der Waals surface area contributed by atoms with Gasteiger partial charge in [-0.3, -0.25) is 23.4 Å². The van der Waals surface area contributed by atoms with E-state index in [2.05, 4.69) is 45.1 Å². The normalized spacial score (nSPS) is 13.4. The number of allylic oxidation sites excluding steroid dienone is 4. The minimum Gasteiger partial charge on any atom is -0.462 e. The van der Waals surface area contributed by atoms with Crippen molar-refractivity contribution in [1.82, 2.24) is 0 Å². The van der Waals surface area contributed by atoms with Crippen molar-refractivity contribution in [3.8, 4) is 0 Å². The minimum absolute atomic E-state index is 0.171. The van der Waals surface area contributed by atoms with Gasteiger partial charge in [0, 0.05) is 19.3 Å².